The summed E-state index contributed by atoms with van der Waals surface area (Å²) in [5.41, 5.74) is 1.37. The van der Waals surface area contributed by atoms with Crippen LogP contribution >= 0.6 is 0 Å². The molecule has 0 bridgehead atoms. The summed E-state index contributed by atoms with van der Waals surface area (Å²) in [6.45, 7) is 6.01. The first-order valence-electron chi connectivity index (χ1n) is 7.29. The van der Waals surface area contributed by atoms with E-state index in [1.165, 1.54) is 10.4 Å². The number of aromatic amines is 1. The van der Waals surface area contributed by atoms with Gasteiger partial charge in [-0.3, -0.25) is 0 Å². The highest BCUT2D eigenvalue weighted by Crippen LogP contribution is 2.23. The minimum Gasteiger partial charge on any atom is -0.341 e. The molecule has 0 saturated carbocycles. The third-order valence-corrected chi connectivity index (χ3v) is 4.06. The van der Waals surface area contributed by atoms with E-state index < -0.39 is 5.41 Å². The van der Waals surface area contributed by atoms with Crippen LogP contribution in [0.5, 0.6) is 0 Å². The lowest BCUT2D eigenvalue weighted by atomic mass is 9.92. The predicted molar refractivity (Wildman–Crippen MR) is 84.6 cm³/mol. The van der Waals surface area contributed by atoms with Gasteiger partial charge in [0.15, 0.2) is 0 Å². The second kappa shape index (κ2) is 4.89. The fraction of sp³-hybridized carbons (Fsp3) is 0.333. The Morgan fingerprint density at radius 3 is 2.90 bits per heavy atom. The molecule has 3 nitrogen and oxygen atoms in total. The highest BCUT2D eigenvalue weighted by atomic mass is 14.9. The molecule has 3 rings (SSSR count). The van der Waals surface area contributed by atoms with E-state index in [-0.39, 0.29) is 0 Å². The summed E-state index contributed by atoms with van der Waals surface area (Å²) in [4.78, 5) is 7.71. The van der Waals surface area contributed by atoms with Gasteiger partial charge in [0.2, 0.25) is 0 Å². The molecule has 3 heteroatoms. The number of imidazole rings is 1. The van der Waals surface area contributed by atoms with Gasteiger partial charge in [-0.05, 0) is 42.7 Å². The summed E-state index contributed by atoms with van der Waals surface area (Å²) in [6, 6.07) is 8.69. The van der Waals surface area contributed by atoms with Crippen molar-refractivity contribution in [1.82, 2.24) is 9.97 Å². The molecular weight excluding hydrogens is 258 g/mol. The summed E-state index contributed by atoms with van der Waals surface area (Å²) in [5, 5.41) is 11.8. The van der Waals surface area contributed by atoms with Crippen molar-refractivity contribution in [3.8, 4) is 17.5 Å². The van der Waals surface area contributed by atoms with Crippen LogP contribution in [0.4, 0.5) is 0 Å². The molecule has 1 heterocycles. The van der Waals surface area contributed by atoms with Gasteiger partial charge in [0.25, 0.3) is 0 Å². The van der Waals surface area contributed by atoms with Crippen LogP contribution in [0.25, 0.3) is 23.5 Å². The van der Waals surface area contributed by atoms with E-state index in [9.17, 15) is 5.26 Å². The first kappa shape index (κ1) is 13.6. The largest absolute Gasteiger partial charge is 0.341 e. The topological polar surface area (TPSA) is 52.5 Å². The van der Waals surface area contributed by atoms with Crippen LogP contribution < -0.4 is 10.4 Å². The van der Waals surface area contributed by atoms with Crippen LogP contribution in [0, 0.1) is 17.2 Å². The number of hydrogen-bond acceptors (Lipinski definition) is 2. The molecule has 1 aromatic heterocycles. The van der Waals surface area contributed by atoms with E-state index in [0.717, 1.165) is 23.5 Å². The van der Waals surface area contributed by atoms with Crippen molar-refractivity contribution in [1.29, 1.82) is 5.26 Å². The Bertz CT molecular complexity index is 834. The number of hydrogen-bond donors (Lipinski definition) is 1. The summed E-state index contributed by atoms with van der Waals surface area (Å²) in [5.74, 6) is 1.43. The second-order valence-electron chi connectivity index (χ2n) is 6.31. The van der Waals surface area contributed by atoms with Crippen LogP contribution in [-0.2, 0) is 5.41 Å². The average molecular weight is 277 g/mol. The molecule has 0 aliphatic heterocycles. The predicted octanol–water partition coefficient (Wildman–Crippen LogP) is 2.48. The van der Waals surface area contributed by atoms with Crippen molar-refractivity contribution in [2.45, 2.75) is 32.6 Å². The molecule has 1 atom stereocenters. The van der Waals surface area contributed by atoms with Crippen molar-refractivity contribution in [3.63, 3.8) is 0 Å². The van der Waals surface area contributed by atoms with Gasteiger partial charge >= 0.3 is 0 Å². The Morgan fingerprint density at radius 1 is 1.33 bits per heavy atom. The maximum Gasteiger partial charge on any atom is 0.137 e. The number of nitrogens with zero attached hydrogens (tertiary/aromatic N) is 2. The highest BCUT2D eigenvalue weighted by Gasteiger charge is 2.22. The van der Waals surface area contributed by atoms with Crippen LogP contribution in [0.2, 0.25) is 0 Å². The minimum absolute atomic E-state index is 0.547. The lowest BCUT2D eigenvalue weighted by Gasteiger charge is -2.11. The smallest absolute Gasteiger partial charge is 0.137 e. The third kappa shape index (κ3) is 2.50. The van der Waals surface area contributed by atoms with E-state index in [1.807, 2.05) is 13.8 Å². The zero-order valence-corrected chi connectivity index (χ0v) is 12.6. The lowest BCUT2D eigenvalue weighted by Crippen LogP contribution is -2.28. The molecule has 0 spiro atoms. The molecule has 21 heavy (non-hydrogen) atoms. The van der Waals surface area contributed by atoms with E-state index in [4.69, 9.17) is 0 Å². The fourth-order valence-corrected chi connectivity index (χ4v) is 2.58. The maximum absolute atomic E-state index is 9.20. The number of H-pyrrole nitrogens is 1. The van der Waals surface area contributed by atoms with E-state index in [0.29, 0.717) is 5.92 Å². The van der Waals surface area contributed by atoms with Crippen LogP contribution in [0.1, 0.15) is 32.9 Å². The third-order valence-electron chi connectivity index (χ3n) is 4.06. The zero-order chi connectivity index (χ0) is 15.0. The van der Waals surface area contributed by atoms with Crippen molar-refractivity contribution >= 4 is 12.2 Å². The Labute approximate surface area is 124 Å². The molecule has 2 aromatic rings. The van der Waals surface area contributed by atoms with Crippen molar-refractivity contribution < 1.29 is 0 Å². The number of nitrogens with one attached hydrogen (secondary N) is 1. The summed E-state index contributed by atoms with van der Waals surface area (Å²) in [7, 11) is 0. The molecule has 1 unspecified atom stereocenters. The van der Waals surface area contributed by atoms with Gasteiger partial charge in [-0.25, -0.2) is 4.98 Å². The standard InChI is InChI=1S/C18H19N3/c1-12-4-5-14-9-15(7-6-13(14)8-12)17-20-10-16(21-17)18(2,3)11-19/h5-10,12H,4H2,1-3H3,(H,20,21). The second-order valence-corrected chi connectivity index (χ2v) is 6.31. The maximum atomic E-state index is 9.20. The molecule has 0 amide bonds. The van der Waals surface area contributed by atoms with Crippen molar-refractivity contribution in [2.75, 3.05) is 0 Å². The zero-order valence-electron chi connectivity index (χ0n) is 12.6. The Hall–Kier alpha value is -2.34. The first-order chi connectivity index (χ1) is 9.99. The highest BCUT2D eigenvalue weighted by molar-refractivity contribution is 5.58. The number of aromatic nitrogens is 2. The van der Waals surface area contributed by atoms with E-state index >= 15 is 0 Å². The number of rotatable bonds is 2. The van der Waals surface area contributed by atoms with Gasteiger partial charge in [0.1, 0.15) is 5.82 Å². The molecule has 0 fully saturated rings. The average Bonchev–Trinajstić information content (AvgIpc) is 2.97. The molecular formula is C18H19N3. The molecule has 106 valence electrons. The quantitative estimate of drug-likeness (QED) is 0.917. The van der Waals surface area contributed by atoms with Gasteiger partial charge in [0.05, 0.1) is 23.4 Å². The van der Waals surface area contributed by atoms with Crippen molar-refractivity contribution in [2.24, 2.45) is 5.92 Å². The molecule has 1 aliphatic rings. The number of fused-ring (bicyclic) bond motifs is 1. The van der Waals surface area contributed by atoms with E-state index in [2.05, 4.69) is 53.3 Å². The number of nitriles is 1. The minimum atomic E-state index is -0.547. The van der Waals surface area contributed by atoms with Gasteiger partial charge in [-0.2, -0.15) is 5.26 Å². The molecule has 0 saturated heterocycles. The molecule has 0 radical (unpaired) electrons. The van der Waals surface area contributed by atoms with E-state index in [1.54, 1.807) is 6.20 Å². The SMILES string of the molecule is CC1C=c2ccc(-c3ncc(C(C)(C)C#N)[nH]3)cc2=CC1. The van der Waals surface area contributed by atoms with Crippen LogP contribution in [-0.4, -0.2) is 9.97 Å². The lowest BCUT2D eigenvalue weighted by molar-refractivity contribution is 0.665. The van der Waals surface area contributed by atoms with Gasteiger partial charge in [0, 0.05) is 5.56 Å². The Kier molecular flexibility index (Phi) is 3.17. The van der Waals surface area contributed by atoms with Gasteiger partial charge < -0.3 is 4.98 Å². The summed E-state index contributed by atoms with van der Waals surface area (Å²) in [6.07, 6.45) is 7.44. The first-order valence-corrected chi connectivity index (χ1v) is 7.29. The summed E-state index contributed by atoms with van der Waals surface area (Å²) >= 11 is 0. The van der Waals surface area contributed by atoms with Crippen LogP contribution in [0.3, 0.4) is 0 Å². The van der Waals surface area contributed by atoms with Gasteiger partial charge in [-0.15, -0.1) is 0 Å². The monoisotopic (exact) mass is 277 g/mol. The Morgan fingerprint density at radius 2 is 2.14 bits per heavy atom. The Balaban J connectivity index is 2.04. The molecule has 1 aromatic carbocycles. The number of benzene rings is 1. The van der Waals surface area contributed by atoms with Gasteiger partial charge in [-0.1, -0.05) is 31.2 Å². The summed E-state index contributed by atoms with van der Waals surface area (Å²) < 4.78 is 0. The molecule has 1 aliphatic carbocycles. The van der Waals surface area contributed by atoms with Crippen LogP contribution in [0.15, 0.2) is 24.4 Å². The van der Waals surface area contributed by atoms with Crippen molar-refractivity contribution in [3.05, 3.63) is 40.5 Å². The molecule has 1 N–H and O–H groups in total. The normalized spacial score (nSPS) is 17.3. The fourth-order valence-electron chi connectivity index (χ4n) is 2.58.